The van der Waals surface area contributed by atoms with Gasteiger partial charge in [-0.15, -0.1) is 0 Å². The van der Waals surface area contributed by atoms with E-state index < -0.39 is 0 Å². The van der Waals surface area contributed by atoms with Gasteiger partial charge in [-0.1, -0.05) is 13.8 Å². The van der Waals surface area contributed by atoms with Crippen molar-refractivity contribution in [3.05, 3.63) is 0 Å². The quantitative estimate of drug-likeness (QED) is 0.660. The van der Waals surface area contributed by atoms with Crippen molar-refractivity contribution in [1.82, 2.24) is 5.32 Å². The van der Waals surface area contributed by atoms with Crippen molar-refractivity contribution < 1.29 is 0 Å². The molecule has 0 heterocycles. The van der Waals surface area contributed by atoms with E-state index in [2.05, 4.69) is 26.1 Å². The minimum Gasteiger partial charge on any atom is -0.312 e. The van der Waals surface area contributed by atoms with E-state index in [-0.39, 0.29) is 0 Å². The molecule has 1 aliphatic rings. The summed E-state index contributed by atoms with van der Waals surface area (Å²) < 4.78 is 0. The largest absolute Gasteiger partial charge is 0.312 e. The molecule has 1 N–H and O–H groups in total. The fourth-order valence-electron chi connectivity index (χ4n) is 1.88. The first-order valence-electron chi connectivity index (χ1n) is 4.98. The third kappa shape index (κ3) is 2.82. The van der Waals surface area contributed by atoms with Crippen LogP contribution in [-0.4, -0.2) is 12.1 Å². The van der Waals surface area contributed by atoms with Crippen molar-refractivity contribution in [2.24, 2.45) is 5.92 Å². The lowest BCUT2D eigenvalue weighted by Crippen LogP contribution is -2.34. The minimum atomic E-state index is 0.713. The van der Waals surface area contributed by atoms with Crippen molar-refractivity contribution in [1.29, 1.82) is 0 Å². The Morgan fingerprint density at radius 1 is 1.45 bits per heavy atom. The van der Waals surface area contributed by atoms with E-state index in [0.29, 0.717) is 6.04 Å². The molecule has 0 saturated heterocycles. The number of hydrogen-bond acceptors (Lipinski definition) is 1. The molecule has 1 heteroatoms. The molecule has 66 valence electrons. The number of nitrogens with one attached hydrogen (secondary N) is 1. The predicted molar refractivity (Wildman–Crippen MR) is 49.7 cm³/mol. The van der Waals surface area contributed by atoms with Gasteiger partial charge in [-0.3, -0.25) is 0 Å². The fraction of sp³-hybridized carbons (Fsp3) is 1.00. The van der Waals surface area contributed by atoms with Crippen molar-refractivity contribution in [3.63, 3.8) is 0 Å². The van der Waals surface area contributed by atoms with Crippen LogP contribution in [0.5, 0.6) is 0 Å². The smallest absolute Gasteiger partial charge is 0.00721 e. The maximum atomic E-state index is 3.66. The molecule has 1 saturated carbocycles. The molecule has 0 spiro atoms. The summed E-state index contributed by atoms with van der Waals surface area (Å²) in [6.07, 6.45) is 5.47. The van der Waals surface area contributed by atoms with Crippen molar-refractivity contribution in [2.45, 2.75) is 58.5 Å². The van der Waals surface area contributed by atoms with Crippen molar-refractivity contribution >= 4 is 0 Å². The summed E-state index contributed by atoms with van der Waals surface area (Å²) in [7, 11) is 0. The first kappa shape index (κ1) is 9.05. The van der Waals surface area contributed by atoms with E-state index in [1.54, 1.807) is 0 Å². The van der Waals surface area contributed by atoms with Crippen LogP contribution in [0.25, 0.3) is 0 Å². The van der Waals surface area contributed by atoms with E-state index in [0.717, 1.165) is 12.0 Å². The Morgan fingerprint density at radius 2 is 2.18 bits per heavy atom. The molecule has 0 amide bonds. The molecule has 0 aromatic carbocycles. The van der Waals surface area contributed by atoms with Crippen LogP contribution in [-0.2, 0) is 0 Å². The third-order valence-electron chi connectivity index (χ3n) is 2.83. The van der Waals surface area contributed by atoms with Crippen LogP contribution >= 0.6 is 0 Å². The van der Waals surface area contributed by atoms with Crippen LogP contribution < -0.4 is 5.32 Å². The summed E-state index contributed by atoms with van der Waals surface area (Å²) in [6, 6.07) is 1.53. The highest BCUT2D eigenvalue weighted by molar-refractivity contribution is 4.79. The molecule has 11 heavy (non-hydrogen) atoms. The average Bonchev–Trinajstić information content (AvgIpc) is 2.35. The summed E-state index contributed by atoms with van der Waals surface area (Å²) in [5, 5.41) is 3.66. The van der Waals surface area contributed by atoms with Crippen LogP contribution in [0.4, 0.5) is 0 Å². The minimum absolute atomic E-state index is 0.713. The van der Waals surface area contributed by atoms with E-state index in [4.69, 9.17) is 0 Å². The summed E-state index contributed by atoms with van der Waals surface area (Å²) in [4.78, 5) is 0. The highest BCUT2D eigenvalue weighted by Crippen LogP contribution is 2.24. The highest BCUT2D eigenvalue weighted by Gasteiger charge is 2.21. The Bertz CT molecular complexity index is 111. The molecule has 0 bridgehead atoms. The van der Waals surface area contributed by atoms with Crippen molar-refractivity contribution in [2.75, 3.05) is 0 Å². The van der Waals surface area contributed by atoms with E-state index in [1.165, 1.54) is 25.7 Å². The van der Waals surface area contributed by atoms with Gasteiger partial charge >= 0.3 is 0 Å². The molecule has 0 radical (unpaired) electrons. The third-order valence-corrected chi connectivity index (χ3v) is 2.83. The Balaban J connectivity index is 2.17. The summed E-state index contributed by atoms with van der Waals surface area (Å²) in [5.41, 5.74) is 0. The zero-order valence-electron chi connectivity index (χ0n) is 8.06. The number of hydrogen-bond donors (Lipinski definition) is 1. The maximum absolute atomic E-state index is 3.66. The Morgan fingerprint density at radius 3 is 2.64 bits per heavy atom. The van der Waals surface area contributed by atoms with Crippen LogP contribution in [0.3, 0.4) is 0 Å². The summed E-state index contributed by atoms with van der Waals surface area (Å²) in [6.45, 7) is 6.89. The van der Waals surface area contributed by atoms with E-state index in [9.17, 15) is 0 Å². The van der Waals surface area contributed by atoms with Crippen LogP contribution in [0.2, 0.25) is 0 Å². The average molecular weight is 155 g/mol. The van der Waals surface area contributed by atoms with Gasteiger partial charge in [-0.25, -0.2) is 0 Å². The number of rotatable bonds is 3. The van der Waals surface area contributed by atoms with Gasteiger partial charge < -0.3 is 5.32 Å². The lowest BCUT2D eigenvalue weighted by molar-refractivity contribution is 0.432. The van der Waals surface area contributed by atoms with Crippen LogP contribution in [0.1, 0.15) is 46.5 Å². The van der Waals surface area contributed by atoms with Gasteiger partial charge in [0.25, 0.3) is 0 Å². The summed E-state index contributed by atoms with van der Waals surface area (Å²) in [5.74, 6) is 0.955. The molecule has 1 rings (SSSR count). The second-order valence-corrected chi connectivity index (χ2v) is 4.09. The SMILES string of the molecule is CCC(C)NC1CCC(C)C1. The predicted octanol–water partition coefficient (Wildman–Crippen LogP) is 2.56. The standard InChI is InChI=1S/C10H21N/c1-4-9(3)11-10-6-5-8(2)7-10/h8-11H,4-7H2,1-3H3. The zero-order chi connectivity index (χ0) is 8.27. The Kier molecular flexibility index (Phi) is 3.38. The van der Waals surface area contributed by atoms with Gasteiger partial charge in [0.15, 0.2) is 0 Å². The zero-order valence-corrected chi connectivity index (χ0v) is 8.06. The Hall–Kier alpha value is -0.0400. The summed E-state index contributed by atoms with van der Waals surface area (Å²) >= 11 is 0. The molecule has 0 aromatic rings. The van der Waals surface area contributed by atoms with Crippen LogP contribution in [0, 0.1) is 5.92 Å². The highest BCUT2D eigenvalue weighted by atomic mass is 14.9. The molecule has 1 nitrogen and oxygen atoms in total. The normalized spacial score (nSPS) is 34.1. The fourth-order valence-corrected chi connectivity index (χ4v) is 1.88. The molecule has 1 aliphatic carbocycles. The van der Waals surface area contributed by atoms with Crippen LogP contribution in [0.15, 0.2) is 0 Å². The second kappa shape index (κ2) is 4.10. The lowest BCUT2D eigenvalue weighted by Gasteiger charge is -2.17. The molecule has 0 aromatic heterocycles. The van der Waals surface area contributed by atoms with Gasteiger partial charge in [0, 0.05) is 12.1 Å². The molecule has 3 unspecified atom stereocenters. The second-order valence-electron chi connectivity index (χ2n) is 4.09. The lowest BCUT2D eigenvalue weighted by atomic mass is 10.1. The first-order chi connectivity index (χ1) is 5.22. The van der Waals surface area contributed by atoms with Crippen molar-refractivity contribution in [3.8, 4) is 0 Å². The molecule has 0 aliphatic heterocycles. The van der Waals surface area contributed by atoms with Gasteiger partial charge in [0.1, 0.15) is 0 Å². The van der Waals surface area contributed by atoms with Gasteiger partial charge in [0.05, 0.1) is 0 Å². The van der Waals surface area contributed by atoms with Gasteiger partial charge in [-0.2, -0.15) is 0 Å². The maximum Gasteiger partial charge on any atom is 0.00721 e. The first-order valence-corrected chi connectivity index (χ1v) is 4.98. The molecular weight excluding hydrogens is 134 g/mol. The van der Waals surface area contributed by atoms with E-state index in [1.807, 2.05) is 0 Å². The molecular formula is C10H21N. The molecule has 1 fully saturated rings. The topological polar surface area (TPSA) is 12.0 Å². The Labute approximate surface area is 70.6 Å². The monoisotopic (exact) mass is 155 g/mol. The van der Waals surface area contributed by atoms with E-state index >= 15 is 0 Å². The van der Waals surface area contributed by atoms with Gasteiger partial charge in [0.2, 0.25) is 0 Å². The van der Waals surface area contributed by atoms with Gasteiger partial charge in [-0.05, 0) is 38.5 Å². The molecule has 3 atom stereocenters.